The van der Waals surface area contributed by atoms with E-state index in [4.69, 9.17) is 0 Å². The summed E-state index contributed by atoms with van der Waals surface area (Å²) in [6.07, 6.45) is 8.39. The molecule has 0 aromatic heterocycles. The highest BCUT2D eigenvalue weighted by Gasteiger charge is 2.40. The van der Waals surface area contributed by atoms with Crippen LogP contribution in [-0.4, -0.2) is 21.8 Å². The van der Waals surface area contributed by atoms with Crippen molar-refractivity contribution in [2.24, 2.45) is 21.7 Å². The summed E-state index contributed by atoms with van der Waals surface area (Å²) in [5.41, 5.74) is 16.4. The van der Waals surface area contributed by atoms with E-state index in [1.54, 1.807) is 0 Å². The molecule has 9 rings (SSSR count). The summed E-state index contributed by atoms with van der Waals surface area (Å²) in [5.74, 6) is 0.754. The maximum absolute atomic E-state index is 14.9. The lowest BCUT2D eigenvalue weighted by Crippen LogP contribution is -2.28. The Morgan fingerprint density at radius 2 is 0.375 bits per heavy atom. The van der Waals surface area contributed by atoms with Crippen LogP contribution in [0.5, 0.6) is 23.0 Å². The summed E-state index contributed by atoms with van der Waals surface area (Å²) >= 11 is 0. The van der Waals surface area contributed by atoms with E-state index in [9.17, 15) is 30.0 Å². The molecule has 0 unspecified atom stereocenters. The molecule has 0 amide bonds. The van der Waals surface area contributed by atoms with Gasteiger partial charge in [-0.15, -0.1) is 0 Å². The molecule has 6 heteroatoms. The van der Waals surface area contributed by atoms with Crippen LogP contribution in [-0.2, 0) is 63.1 Å². The predicted octanol–water partition coefficient (Wildman–Crippen LogP) is 26.9. The van der Waals surface area contributed by atoms with Gasteiger partial charge in [0.15, 0.2) is 23.1 Å². The third-order valence-corrected chi connectivity index (χ3v) is 22.4. The number of allylic oxidation sites excluding steroid dienone is 10. The van der Waals surface area contributed by atoms with Crippen molar-refractivity contribution in [1.29, 1.82) is 0 Å². The van der Waals surface area contributed by atoms with E-state index >= 15 is 0 Å². The highest BCUT2D eigenvalue weighted by molar-refractivity contribution is 6.14. The Bertz CT molecular complexity index is 4720. The number of phenolic OH excluding ortho intramolecular Hbond substituents is 2. The second-order valence-corrected chi connectivity index (χ2v) is 44.7. The topological polar surface area (TPSA) is 114 Å². The first-order chi connectivity index (χ1) is 50.6. The van der Waals surface area contributed by atoms with Crippen LogP contribution in [0, 0.1) is 21.7 Å². The van der Waals surface area contributed by atoms with Crippen molar-refractivity contribution in [2.45, 2.75) is 293 Å². The first-order valence-electron chi connectivity index (χ1n) is 40.7. The monoisotopic (exact) mass is 1500 g/mol. The van der Waals surface area contributed by atoms with E-state index in [0.29, 0.717) is 11.5 Å². The van der Waals surface area contributed by atoms with Gasteiger partial charge in [0, 0.05) is 66.8 Å². The maximum atomic E-state index is 14.9. The Labute approximate surface area is 675 Å². The molecule has 7 aromatic carbocycles. The molecule has 6 nitrogen and oxygen atoms in total. The van der Waals surface area contributed by atoms with Crippen molar-refractivity contribution >= 4 is 33.9 Å². The van der Waals surface area contributed by atoms with Crippen LogP contribution in [0.1, 0.15) is 338 Å². The Balaban J connectivity index is 1.48. The Morgan fingerprint density at radius 3 is 0.554 bits per heavy atom. The number of benzene rings is 7. The average molecular weight is 1500 g/mol. The predicted molar refractivity (Wildman–Crippen MR) is 473 cm³/mol. The molecule has 0 bridgehead atoms. The molecule has 2 radical (unpaired) electrons. The fourth-order valence-electron chi connectivity index (χ4n) is 15.8. The minimum Gasteiger partial charge on any atom is -0.507 e. The Morgan fingerprint density at radius 1 is 0.214 bits per heavy atom. The van der Waals surface area contributed by atoms with Gasteiger partial charge < -0.3 is 10.2 Å². The van der Waals surface area contributed by atoms with Gasteiger partial charge >= 0.3 is 0 Å². The number of carbonyl (C=O) groups is 2. The summed E-state index contributed by atoms with van der Waals surface area (Å²) in [6.45, 7) is 76.4. The Hall–Kier alpha value is -8.74. The molecule has 0 heterocycles. The van der Waals surface area contributed by atoms with Crippen LogP contribution in [0.3, 0.4) is 0 Å². The highest BCUT2D eigenvalue weighted by Crippen LogP contribution is 2.51. The first-order valence-corrected chi connectivity index (χ1v) is 40.7. The van der Waals surface area contributed by atoms with Gasteiger partial charge in [-0.2, -0.15) is 0 Å². The standard InChI is InChI=1S/C106H134O6/c1-95(2,3)73-49-67(50-74(89(73)107)96(4,5)6)86(68-51-75(97(7,8)9)90(108)76(52-68)98(10,11)12)64-43-37-61(38-44-64)85(62-39-45-65(46-40-62)87(69-53-77(99(13,14)15)91(109)78(54-69)100(16,17)18)70-55-79(101(19,20)21)92(110)80(56-70)102(22,23)24)63-41-47-66(48-42-63)88(71-57-81(103(25,26)27)93(111)82(58-71)104(28,29)30)72-59-83(105(31,32)33)94(112)84(60-72)106(34,35)36/h37-60,107-108H,1-36H3. The molecule has 0 saturated carbocycles. The average Bonchev–Trinajstić information content (AvgIpc) is 0.753. The van der Waals surface area contributed by atoms with E-state index in [1.165, 1.54) is 0 Å². The van der Waals surface area contributed by atoms with Gasteiger partial charge in [0.1, 0.15) is 11.5 Å². The number of ketones is 2. The fourth-order valence-corrected chi connectivity index (χ4v) is 15.8. The van der Waals surface area contributed by atoms with E-state index in [1.807, 2.05) is 0 Å². The second-order valence-electron chi connectivity index (χ2n) is 44.7. The van der Waals surface area contributed by atoms with Crippen molar-refractivity contribution in [2.75, 3.05) is 0 Å². The number of hydrogen-bond donors (Lipinski definition) is 2. The lowest BCUT2D eigenvalue weighted by Gasteiger charge is -2.32. The number of aromatic hydroxyl groups is 2. The van der Waals surface area contributed by atoms with Gasteiger partial charge in [0.25, 0.3) is 0 Å². The summed E-state index contributed by atoms with van der Waals surface area (Å²) in [7, 11) is 0. The normalized spacial score (nSPS) is 15.0. The summed E-state index contributed by atoms with van der Waals surface area (Å²) in [6, 6.07) is 43.7. The highest BCUT2D eigenvalue weighted by atomic mass is 16.3. The van der Waals surface area contributed by atoms with Gasteiger partial charge in [-0.05, 0) is 226 Å². The van der Waals surface area contributed by atoms with Crippen LogP contribution >= 0.6 is 0 Å². The lowest BCUT2D eigenvalue weighted by atomic mass is 9.70. The molecule has 0 aliphatic heterocycles. The molecule has 0 spiro atoms. The second kappa shape index (κ2) is 29.3. The maximum Gasteiger partial charge on any atom is 0.186 e. The number of carbonyl (C=O) groups excluding carboxylic acids is 2. The third-order valence-electron chi connectivity index (χ3n) is 22.4. The molecule has 2 aliphatic carbocycles. The number of hydrogen-bond acceptors (Lipinski definition) is 4. The number of phenols is 2. The van der Waals surface area contributed by atoms with E-state index < -0.39 is 65.0 Å². The first kappa shape index (κ1) is 87.2. The molecule has 0 fully saturated rings. The largest absolute Gasteiger partial charge is 0.507 e. The zero-order chi connectivity index (χ0) is 84.6. The van der Waals surface area contributed by atoms with Gasteiger partial charge in [0.2, 0.25) is 0 Å². The molecule has 0 saturated heterocycles. The van der Waals surface area contributed by atoms with Crippen LogP contribution in [0.25, 0.3) is 22.3 Å². The summed E-state index contributed by atoms with van der Waals surface area (Å²) < 4.78 is 0. The molecule has 0 atom stereocenters. The fraction of sp³-hybridized carbons (Fsp3) is 0.453. The van der Waals surface area contributed by atoms with E-state index in [-0.39, 0.29) is 23.1 Å². The quantitative estimate of drug-likeness (QED) is 0.158. The van der Waals surface area contributed by atoms with E-state index in [2.05, 4.69) is 395 Å². The van der Waals surface area contributed by atoms with Gasteiger partial charge in [0.05, 0.1) is 0 Å². The molecule has 2 N–H and O–H groups in total. The summed E-state index contributed by atoms with van der Waals surface area (Å²) in [4.78, 5) is 29.7. The molecular weight excluding hydrogens is 1370 g/mol. The zero-order valence-corrected chi connectivity index (χ0v) is 75.4. The van der Waals surface area contributed by atoms with Crippen molar-refractivity contribution in [1.82, 2.24) is 0 Å². The van der Waals surface area contributed by atoms with Gasteiger partial charge in [-0.25, -0.2) is 0 Å². The van der Waals surface area contributed by atoms with Crippen LogP contribution < -0.4 is 10.4 Å². The SMILES string of the molecule is CC(C)(C)C1=CC(=C(c2ccc(C(c3ccc(C(=C4C=C(C(C)(C)C)C(=O)C(C(C)(C)C)=C4)c4cc(C(C)(C)C)c([O])c(C(C)(C)C)c4)cc3)=c3ccc(=C(c4cc(C(C)(C)C)c(O)c(C(C)(C)C)c4)c4cc(C(C)(C)C)c(O)c(C(C)(C)C)c4)cc3)cc2)c2cc(C(C)(C)C)c([O])c(C(C)(C)C)c2)C=C(C(C)(C)C)C1=O. The zero-order valence-electron chi connectivity index (χ0n) is 75.4. The van der Waals surface area contributed by atoms with Crippen LogP contribution in [0.4, 0.5) is 0 Å². The lowest BCUT2D eigenvalue weighted by molar-refractivity contribution is -0.114. The molecular formula is C106H134O6. The van der Waals surface area contributed by atoms with Crippen molar-refractivity contribution < 1.29 is 30.0 Å². The van der Waals surface area contributed by atoms with Crippen LogP contribution in [0.2, 0.25) is 0 Å². The van der Waals surface area contributed by atoms with Crippen LogP contribution in [0.15, 0.2) is 179 Å². The molecule has 112 heavy (non-hydrogen) atoms. The van der Waals surface area contributed by atoms with Gasteiger partial charge in [-0.3, -0.25) is 19.8 Å². The molecule has 7 aromatic rings. The minimum absolute atomic E-state index is 0.0407. The molecule has 594 valence electrons. The smallest absolute Gasteiger partial charge is 0.186 e. The number of rotatable bonds is 8. The number of Topliss-reactive ketones (excluding diaryl/α,β-unsaturated/α-hetero) is 2. The summed E-state index contributed by atoms with van der Waals surface area (Å²) in [5, 5.41) is 56.3. The van der Waals surface area contributed by atoms with Crippen molar-refractivity contribution in [3.8, 4) is 23.0 Å². The van der Waals surface area contributed by atoms with Crippen molar-refractivity contribution in [3.05, 3.63) is 279 Å². The third kappa shape index (κ3) is 18.1. The molecule has 2 aliphatic rings. The Kier molecular flexibility index (Phi) is 22.8. The van der Waals surface area contributed by atoms with E-state index in [0.717, 1.165) is 155 Å². The van der Waals surface area contributed by atoms with Crippen molar-refractivity contribution in [3.63, 3.8) is 0 Å². The minimum atomic E-state index is -0.498. The van der Waals surface area contributed by atoms with Gasteiger partial charge in [-0.1, -0.05) is 322 Å².